The van der Waals surface area contributed by atoms with E-state index in [0.29, 0.717) is 28.6 Å². The molecule has 3 rings (SSSR count). The number of nitrogens with zero attached hydrogens (tertiary/aromatic N) is 1. The fraction of sp³-hybridized carbons (Fsp3) is 0.217. The average molecular weight is 411 g/mol. The smallest absolute Gasteiger partial charge is 0.339 e. The van der Waals surface area contributed by atoms with Crippen LogP contribution in [0.2, 0.25) is 5.02 Å². The minimum absolute atomic E-state index is 0.0565. The Balaban J connectivity index is 1.93. The third-order valence-corrected chi connectivity index (χ3v) is 5.10. The number of anilines is 1. The van der Waals surface area contributed by atoms with Crippen molar-refractivity contribution in [2.75, 3.05) is 11.9 Å². The summed E-state index contributed by atoms with van der Waals surface area (Å²) in [7, 11) is 0. The molecule has 29 heavy (non-hydrogen) atoms. The van der Waals surface area contributed by atoms with Gasteiger partial charge in [0.05, 0.1) is 12.2 Å². The van der Waals surface area contributed by atoms with E-state index in [1.54, 1.807) is 19.1 Å². The van der Waals surface area contributed by atoms with Gasteiger partial charge in [0.15, 0.2) is 0 Å². The molecule has 0 saturated heterocycles. The summed E-state index contributed by atoms with van der Waals surface area (Å²) < 4.78 is 7.00. The lowest BCUT2D eigenvalue weighted by atomic mass is 10.1. The number of aromatic nitrogens is 1. The van der Waals surface area contributed by atoms with Crippen LogP contribution in [0.4, 0.5) is 5.69 Å². The van der Waals surface area contributed by atoms with Gasteiger partial charge >= 0.3 is 5.97 Å². The standard InChI is InChI=1S/C23H23ClN2O3/c1-4-29-23(28)19-13-21(17-8-6-5-7-9-17)26(16(19)3)14-22(27)25-18-11-10-15(2)20(24)12-18/h5-13H,4,14H2,1-3H3,(H,25,27). The van der Waals surface area contributed by atoms with Crippen LogP contribution in [0.25, 0.3) is 11.3 Å². The van der Waals surface area contributed by atoms with Crippen LogP contribution in [0.3, 0.4) is 0 Å². The molecule has 6 heteroatoms. The second-order valence-corrected chi connectivity index (χ2v) is 7.12. The van der Waals surface area contributed by atoms with Crippen LogP contribution in [0, 0.1) is 13.8 Å². The van der Waals surface area contributed by atoms with E-state index >= 15 is 0 Å². The topological polar surface area (TPSA) is 60.3 Å². The summed E-state index contributed by atoms with van der Waals surface area (Å²) in [5, 5.41) is 3.46. The molecule has 0 aliphatic heterocycles. The van der Waals surface area contributed by atoms with Gasteiger partial charge in [0.1, 0.15) is 6.54 Å². The van der Waals surface area contributed by atoms with E-state index in [2.05, 4.69) is 5.32 Å². The van der Waals surface area contributed by atoms with Crippen LogP contribution in [0.1, 0.15) is 28.5 Å². The van der Waals surface area contributed by atoms with Gasteiger partial charge in [-0.15, -0.1) is 0 Å². The number of esters is 1. The minimum Gasteiger partial charge on any atom is -0.462 e. The van der Waals surface area contributed by atoms with E-state index < -0.39 is 5.97 Å². The number of ether oxygens (including phenoxy) is 1. The lowest BCUT2D eigenvalue weighted by Gasteiger charge is -2.13. The number of halogens is 1. The van der Waals surface area contributed by atoms with Gasteiger partial charge in [0.25, 0.3) is 0 Å². The number of amides is 1. The molecule has 3 aromatic rings. The van der Waals surface area contributed by atoms with Crippen LogP contribution >= 0.6 is 11.6 Å². The van der Waals surface area contributed by atoms with E-state index in [9.17, 15) is 9.59 Å². The molecule has 1 aromatic heterocycles. The first-order valence-corrected chi connectivity index (χ1v) is 9.77. The Kier molecular flexibility index (Phi) is 6.39. The first-order valence-electron chi connectivity index (χ1n) is 9.39. The Morgan fingerprint density at radius 3 is 2.45 bits per heavy atom. The summed E-state index contributed by atoms with van der Waals surface area (Å²) in [6, 6.07) is 16.8. The molecule has 2 aromatic carbocycles. The van der Waals surface area contributed by atoms with Crippen LogP contribution in [0.15, 0.2) is 54.6 Å². The zero-order chi connectivity index (χ0) is 21.0. The molecule has 150 valence electrons. The number of hydrogen-bond donors (Lipinski definition) is 1. The van der Waals surface area contributed by atoms with Gasteiger partial charge in [-0.2, -0.15) is 0 Å². The number of carbonyl (C=O) groups is 2. The molecule has 0 bridgehead atoms. The highest BCUT2D eigenvalue weighted by Crippen LogP contribution is 2.27. The maximum absolute atomic E-state index is 12.7. The third kappa shape index (κ3) is 4.69. The molecule has 0 unspecified atom stereocenters. The van der Waals surface area contributed by atoms with E-state index in [4.69, 9.17) is 16.3 Å². The summed E-state index contributed by atoms with van der Waals surface area (Å²) in [5.41, 5.74) is 4.40. The van der Waals surface area contributed by atoms with E-state index in [-0.39, 0.29) is 12.5 Å². The molecule has 1 N–H and O–H groups in total. The molecular weight excluding hydrogens is 388 g/mol. The minimum atomic E-state index is -0.397. The van der Waals surface area contributed by atoms with Crippen molar-refractivity contribution in [1.29, 1.82) is 0 Å². The molecule has 0 spiro atoms. The highest BCUT2D eigenvalue weighted by molar-refractivity contribution is 6.31. The first kappa shape index (κ1) is 20.7. The predicted octanol–water partition coefficient (Wildman–Crippen LogP) is 5.24. The predicted molar refractivity (Wildman–Crippen MR) is 115 cm³/mol. The molecule has 1 heterocycles. The third-order valence-electron chi connectivity index (χ3n) is 4.69. The lowest BCUT2D eigenvalue weighted by Crippen LogP contribution is -2.20. The molecule has 5 nitrogen and oxygen atoms in total. The average Bonchev–Trinajstić information content (AvgIpc) is 3.02. The summed E-state index contributed by atoms with van der Waals surface area (Å²) in [6.07, 6.45) is 0. The fourth-order valence-corrected chi connectivity index (χ4v) is 3.31. The number of carbonyl (C=O) groups excluding carboxylic acids is 2. The van der Waals surface area contributed by atoms with Gasteiger partial charge in [0.2, 0.25) is 5.91 Å². The van der Waals surface area contributed by atoms with Gasteiger partial charge in [-0.05, 0) is 50.1 Å². The van der Waals surface area contributed by atoms with Crippen LogP contribution in [0.5, 0.6) is 0 Å². The Labute approximate surface area is 175 Å². The van der Waals surface area contributed by atoms with Crippen LogP contribution in [-0.2, 0) is 16.1 Å². The molecule has 0 aliphatic carbocycles. The van der Waals surface area contributed by atoms with Gasteiger partial charge in [-0.25, -0.2) is 4.79 Å². The van der Waals surface area contributed by atoms with Gasteiger partial charge in [0, 0.05) is 22.1 Å². The zero-order valence-corrected chi connectivity index (χ0v) is 17.4. The molecule has 0 saturated carbocycles. The second kappa shape index (κ2) is 8.97. The van der Waals surface area contributed by atoms with Crippen molar-refractivity contribution in [3.63, 3.8) is 0 Å². The molecule has 0 radical (unpaired) electrons. The molecule has 0 atom stereocenters. The highest BCUT2D eigenvalue weighted by atomic mass is 35.5. The summed E-state index contributed by atoms with van der Waals surface area (Å²) >= 11 is 6.15. The molecule has 0 aliphatic rings. The van der Waals surface area contributed by atoms with Gasteiger partial charge < -0.3 is 14.6 Å². The maximum atomic E-state index is 12.7. The maximum Gasteiger partial charge on any atom is 0.339 e. The van der Waals surface area contributed by atoms with Gasteiger partial charge in [-0.1, -0.05) is 48.0 Å². The fourth-order valence-electron chi connectivity index (χ4n) is 3.13. The summed E-state index contributed by atoms with van der Waals surface area (Å²) in [4.78, 5) is 25.1. The SMILES string of the molecule is CCOC(=O)c1cc(-c2ccccc2)n(CC(=O)Nc2ccc(C)c(Cl)c2)c1C. The summed E-state index contributed by atoms with van der Waals surface area (Å²) in [6.45, 7) is 5.83. The Hall–Kier alpha value is -3.05. The van der Waals surface area contributed by atoms with Crippen molar-refractivity contribution in [3.05, 3.63) is 76.4 Å². The van der Waals surface area contributed by atoms with Crippen molar-refractivity contribution >= 4 is 29.2 Å². The van der Waals surface area contributed by atoms with E-state index in [0.717, 1.165) is 16.8 Å². The van der Waals surface area contributed by atoms with Crippen LogP contribution in [-0.4, -0.2) is 23.1 Å². The number of hydrogen-bond acceptors (Lipinski definition) is 3. The largest absolute Gasteiger partial charge is 0.462 e. The number of nitrogens with one attached hydrogen (secondary N) is 1. The number of aryl methyl sites for hydroxylation is 1. The molecule has 1 amide bonds. The van der Waals surface area contributed by atoms with Crippen molar-refractivity contribution in [2.24, 2.45) is 0 Å². The number of rotatable bonds is 6. The van der Waals surface area contributed by atoms with E-state index in [1.807, 2.05) is 60.9 Å². The van der Waals surface area contributed by atoms with Crippen molar-refractivity contribution in [3.8, 4) is 11.3 Å². The molecular formula is C23H23ClN2O3. The van der Waals surface area contributed by atoms with Crippen molar-refractivity contribution < 1.29 is 14.3 Å². The second-order valence-electron chi connectivity index (χ2n) is 6.71. The normalized spacial score (nSPS) is 10.6. The quantitative estimate of drug-likeness (QED) is 0.565. The highest BCUT2D eigenvalue weighted by Gasteiger charge is 2.21. The van der Waals surface area contributed by atoms with Crippen molar-refractivity contribution in [1.82, 2.24) is 4.57 Å². The summed E-state index contributed by atoms with van der Waals surface area (Å²) in [5.74, 6) is -0.608. The van der Waals surface area contributed by atoms with Crippen LogP contribution < -0.4 is 5.32 Å². The monoisotopic (exact) mass is 410 g/mol. The molecule has 0 fully saturated rings. The van der Waals surface area contributed by atoms with E-state index in [1.165, 1.54) is 0 Å². The Morgan fingerprint density at radius 2 is 1.79 bits per heavy atom. The zero-order valence-electron chi connectivity index (χ0n) is 16.7. The van der Waals surface area contributed by atoms with Crippen molar-refractivity contribution in [2.45, 2.75) is 27.3 Å². The number of benzene rings is 2. The lowest BCUT2D eigenvalue weighted by molar-refractivity contribution is -0.116. The first-order chi connectivity index (χ1) is 13.9. The Bertz CT molecular complexity index is 1040. The van der Waals surface area contributed by atoms with Gasteiger partial charge in [-0.3, -0.25) is 4.79 Å². The Morgan fingerprint density at radius 1 is 1.07 bits per heavy atom.